The topological polar surface area (TPSA) is 52.0 Å². The predicted octanol–water partition coefficient (Wildman–Crippen LogP) is 4.98. The third kappa shape index (κ3) is 3.25. The normalized spacial score (nSPS) is 15.5. The standard InChI is InChI=1S/C24H22N2/c25-24(26)16-14-19(15-17-24)22-13-7-12-21(18-8-3-1-4-9-18)23(22)20-10-5-2-6-11-20/h1-16H,17,25-26H2. The molecule has 2 nitrogen and oxygen atoms in total. The Hall–Kier alpha value is -2.94. The van der Waals surface area contributed by atoms with Crippen LogP contribution in [-0.2, 0) is 0 Å². The Balaban J connectivity index is 1.93. The molecule has 0 aromatic heterocycles. The lowest BCUT2D eigenvalue weighted by molar-refractivity contribution is 0.559. The quantitative estimate of drug-likeness (QED) is 0.662. The van der Waals surface area contributed by atoms with Gasteiger partial charge < -0.3 is 11.5 Å². The summed E-state index contributed by atoms with van der Waals surface area (Å²) in [5.74, 6) is 0. The SMILES string of the molecule is NC1(N)C=CC(c2cccc(-c3ccccc3)c2-c2ccccc2)=CC1. The molecule has 0 aliphatic heterocycles. The van der Waals surface area contributed by atoms with Gasteiger partial charge in [-0.25, -0.2) is 0 Å². The van der Waals surface area contributed by atoms with Gasteiger partial charge in [0.25, 0.3) is 0 Å². The van der Waals surface area contributed by atoms with Gasteiger partial charge in [0.15, 0.2) is 0 Å². The van der Waals surface area contributed by atoms with Gasteiger partial charge in [0.05, 0.1) is 5.66 Å². The third-order valence-corrected chi connectivity index (χ3v) is 4.77. The largest absolute Gasteiger partial charge is 0.310 e. The minimum Gasteiger partial charge on any atom is -0.310 e. The van der Waals surface area contributed by atoms with Gasteiger partial charge in [-0.15, -0.1) is 0 Å². The minimum atomic E-state index is -0.756. The fraction of sp³-hybridized carbons (Fsp3) is 0.0833. The predicted molar refractivity (Wildman–Crippen MR) is 110 cm³/mol. The fourth-order valence-corrected chi connectivity index (χ4v) is 3.43. The Labute approximate surface area is 154 Å². The summed E-state index contributed by atoms with van der Waals surface area (Å²) in [5.41, 5.74) is 18.5. The number of allylic oxidation sites excluding steroid dienone is 2. The molecule has 0 heterocycles. The molecule has 0 saturated carbocycles. The van der Waals surface area contributed by atoms with E-state index in [1.54, 1.807) is 0 Å². The Morgan fingerprint density at radius 1 is 0.654 bits per heavy atom. The lowest BCUT2D eigenvalue weighted by atomic mass is 9.85. The van der Waals surface area contributed by atoms with Crippen molar-refractivity contribution in [1.29, 1.82) is 0 Å². The lowest BCUT2D eigenvalue weighted by Crippen LogP contribution is -2.47. The van der Waals surface area contributed by atoms with E-state index >= 15 is 0 Å². The van der Waals surface area contributed by atoms with Gasteiger partial charge in [-0.2, -0.15) is 0 Å². The van der Waals surface area contributed by atoms with Crippen LogP contribution in [-0.4, -0.2) is 5.66 Å². The maximum Gasteiger partial charge on any atom is 0.0867 e. The molecule has 4 rings (SSSR count). The summed E-state index contributed by atoms with van der Waals surface area (Å²) in [5, 5.41) is 0. The molecule has 0 bridgehead atoms. The first-order valence-electron chi connectivity index (χ1n) is 8.85. The zero-order valence-corrected chi connectivity index (χ0v) is 14.6. The molecule has 1 aliphatic carbocycles. The molecule has 0 fully saturated rings. The van der Waals surface area contributed by atoms with Gasteiger partial charge in [-0.05, 0) is 39.5 Å². The van der Waals surface area contributed by atoms with Crippen LogP contribution in [0.4, 0.5) is 0 Å². The number of hydrogen-bond donors (Lipinski definition) is 2. The molecule has 3 aromatic carbocycles. The summed E-state index contributed by atoms with van der Waals surface area (Å²) < 4.78 is 0. The van der Waals surface area contributed by atoms with Crippen molar-refractivity contribution in [2.75, 3.05) is 0 Å². The Kier molecular flexibility index (Phi) is 4.29. The van der Waals surface area contributed by atoms with Crippen molar-refractivity contribution in [1.82, 2.24) is 0 Å². The summed E-state index contributed by atoms with van der Waals surface area (Å²) in [4.78, 5) is 0. The van der Waals surface area contributed by atoms with Crippen LogP contribution in [0.2, 0.25) is 0 Å². The number of rotatable bonds is 3. The van der Waals surface area contributed by atoms with E-state index < -0.39 is 5.66 Å². The summed E-state index contributed by atoms with van der Waals surface area (Å²) in [6.07, 6.45) is 6.70. The van der Waals surface area contributed by atoms with Crippen LogP contribution in [0.15, 0.2) is 97.1 Å². The first-order chi connectivity index (χ1) is 12.6. The molecule has 4 N–H and O–H groups in total. The minimum absolute atomic E-state index is 0.628. The van der Waals surface area contributed by atoms with E-state index in [1.165, 1.54) is 27.8 Å². The molecule has 0 unspecified atom stereocenters. The molecule has 26 heavy (non-hydrogen) atoms. The zero-order valence-electron chi connectivity index (χ0n) is 14.6. The number of benzene rings is 3. The van der Waals surface area contributed by atoms with E-state index in [0.29, 0.717) is 6.42 Å². The number of hydrogen-bond acceptors (Lipinski definition) is 2. The first kappa shape index (κ1) is 16.5. The molecule has 0 spiro atoms. The van der Waals surface area contributed by atoms with Gasteiger partial charge in [0.1, 0.15) is 0 Å². The molecule has 2 heteroatoms. The Morgan fingerprint density at radius 2 is 1.27 bits per heavy atom. The third-order valence-electron chi connectivity index (χ3n) is 4.77. The van der Waals surface area contributed by atoms with Crippen molar-refractivity contribution in [3.63, 3.8) is 0 Å². The van der Waals surface area contributed by atoms with E-state index in [0.717, 1.165) is 5.57 Å². The highest BCUT2D eigenvalue weighted by atomic mass is 14.9. The van der Waals surface area contributed by atoms with Crippen LogP contribution in [0.5, 0.6) is 0 Å². The first-order valence-corrected chi connectivity index (χ1v) is 8.85. The summed E-state index contributed by atoms with van der Waals surface area (Å²) in [6, 6.07) is 27.5. The zero-order chi connectivity index (χ0) is 18.0. The summed E-state index contributed by atoms with van der Waals surface area (Å²) in [6.45, 7) is 0. The van der Waals surface area contributed by atoms with Gasteiger partial charge >= 0.3 is 0 Å². The summed E-state index contributed by atoms with van der Waals surface area (Å²) >= 11 is 0. The second-order valence-corrected chi connectivity index (χ2v) is 6.77. The summed E-state index contributed by atoms with van der Waals surface area (Å²) in [7, 11) is 0. The second kappa shape index (κ2) is 6.75. The maximum atomic E-state index is 6.03. The van der Waals surface area contributed by atoms with Gasteiger partial charge in [0, 0.05) is 6.42 Å². The van der Waals surface area contributed by atoms with Crippen LogP contribution in [0, 0.1) is 0 Å². The average Bonchev–Trinajstić information content (AvgIpc) is 2.69. The van der Waals surface area contributed by atoms with E-state index in [2.05, 4.69) is 72.8 Å². The molecule has 0 amide bonds. The van der Waals surface area contributed by atoms with Crippen LogP contribution < -0.4 is 11.5 Å². The van der Waals surface area contributed by atoms with E-state index in [-0.39, 0.29) is 0 Å². The van der Waals surface area contributed by atoms with E-state index in [4.69, 9.17) is 11.5 Å². The molecule has 0 atom stereocenters. The molecule has 128 valence electrons. The second-order valence-electron chi connectivity index (χ2n) is 6.77. The number of nitrogens with two attached hydrogens (primary N) is 2. The van der Waals surface area contributed by atoms with Crippen molar-refractivity contribution in [2.24, 2.45) is 11.5 Å². The molecular weight excluding hydrogens is 316 g/mol. The van der Waals surface area contributed by atoms with Gasteiger partial charge in [0.2, 0.25) is 0 Å². The Bertz CT molecular complexity index is 968. The highest BCUT2D eigenvalue weighted by molar-refractivity contribution is 5.94. The van der Waals surface area contributed by atoms with Crippen molar-refractivity contribution < 1.29 is 0 Å². The van der Waals surface area contributed by atoms with E-state index in [1.807, 2.05) is 24.3 Å². The molecule has 1 aliphatic rings. The van der Waals surface area contributed by atoms with Crippen LogP contribution >= 0.6 is 0 Å². The molecular formula is C24H22N2. The smallest absolute Gasteiger partial charge is 0.0867 e. The molecule has 3 aromatic rings. The highest BCUT2D eigenvalue weighted by Crippen LogP contribution is 2.39. The maximum absolute atomic E-state index is 6.03. The Morgan fingerprint density at radius 3 is 1.88 bits per heavy atom. The van der Waals surface area contributed by atoms with Crippen molar-refractivity contribution in [3.8, 4) is 22.3 Å². The van der Waals surface area contributed by atoms with Crippen LogP contribution in [0.25, 0.3) is 27.8 Å². The van der Waals surface area contributed by atoms with Gasteiger partial charge in [-0.3, -0.25) is 0 Å². The average molecular weight is 338 g/mol. The fourth-order valence-electron chi connectivity index (χ4n) is 3.43. The van der Waals surface area contributed by atoms with Crippen LogP contribution in [0.3, 0.4) is 0 Å². The molecule has 0 saturated heterocycles. The highest BCUT2D eigenvalue weighted by Gasteiger charge is 2.20. The van der Waals surface area contributed by atoms with E-state index in [9.17, 15) is 0 Å². The van der Waals surface area contributed by atoms with Crippen molar-refractivity contribution in [3.05, 3.63) is 103 Å². The van der Waals surface area contributed by atoms with Crippen LogP contribution in [0.1, 0.15) is 12.0 Å². The molecule has 0 radical (unpaired) electrons. The lowest BCUT2D eigenvalue weighted by Gasteiger charge is -2.24. The van der Waals surface area contributed by atoms with Crippen molar-refractivity contribution >= 4 is 5.57 Å². The van der Waals surface area contributed by atoms with Crippen molar-refractivity contribution in [2.45, 2.75) is 12.1 Å². The van der Waals surface area contributed by atoms with Gasteiger partial charge in [-0.1, -0.05) is 91.0 Å². The monoisotopic (exact) mass is 338 g/mol.